The Labute approximate surface area is 131 Å². The highest BCUT2D eigenvalue weighted by Gasteiger charge is 2.32. The molecule has 2 atom stereocenters. The van der Waals surface area contributed by atoms with Crippen LogP contribution < -0.4 is 5.32 Å². The highest BCUT2D eigenvalue weighted by Crippen LogP contribution is 2.38. The zero-order valence-electron chi connectivity index (χ0n) is 13.1. The molecule has 1 aliphatic rings. The molecule has 0 fully saturated rings. The molecular formula is C18H24N2S. The number of rotatable bonds is 5. The van der Waals surface area contributed by atoms with Crippen LogP contribution in [-0.2, 0) is 12.8 Å². The largest absolute Gasteiger partial charge is 0.310 e. The molecule has 2 nitrogen and oxygen atoms in total. The fraction of sp³-hybridized carbons (Fsp3) is 0.500. The topological polar surface area (TPSA) is 24.9 Å². The van der Waals surface area contributed by atoms with Gasteiger partial charge in [-0.3, -0.25) is 0 Å². The molecular weight excluding hydrogens is 276 g/mol. The Morgan fingerprint density at radius 3 is 2.81 bits per heavy atom. The zero-order chi connectivity index (χ0) is 14.8. The number of nitrogens with one attached hydrogen (secondary N) is 1. The van der Waals surface area contributed by atoms with Crippen LogP contribution in [0, 0.1) is 19.8 Å². The highest BCUT2D eigenvalue weighted by molar-refractivity contribution is 7.11. The van der Waals surface area contributed by atoms with E-state index in [1.165, 1.54) is 39.5 Å². The molecule has 0 saturated heterocycles. The average molecular weight is 300 g/mol. The molecule has 1 aliphatic carbocycles. The van der Waals surface area contributed by atoms with Gasteiger partial charge in [0.1, 0.15) is 0 Å². The van der Waals surface area contributed by atoms with Gasteiger partial charge < -0.3 is 5.32 Å². The number of benzene rings is 1. The van der Waals surface area contributed by atoms with Gasteiger partial charge >= 0.3 is 0 Å². The molecule has 0 radical (unpaired) electrons. The molecule has 1 N–H and O–H groups in total. The van der Waals surface area contributed by atoms with Gasteiger partial charge in [0.05, 0.1) is 10.7 Å². The second-order valence-electron chi connectivity index (χ2n) is 6.05. The molecule has 1 heterocycles. The van der Waals surface area contributed by atoms with Gasteiger partial charge in [-0.25, -0.2) is 4.98 Å². The maximum absolute atomic E-state index is 4.74. The predicted molar refractivity (Wildman–Crippen MR) is 90.0 cm³/mol. The molecule has 112 valence electrons. The SMILES string of the molecule is CCCNC1c2ccccc2CC1Cc1nc(C)c(C)s1. The molecule has 0 amide bonds. The van der Waals surface area contributed by atoms with E-state index in [0.717, 1.165) is 13.0 Å². The van der Waals surface area contributed by atoms with E-state index in [0.29, 0.717) is 12.0 Å². The molecule has 0 bridgehead atoms. The number of thiazole rings is 1. The van der Waals surface area contributed by atoms with E-state index in [2.05, 4.69) is 50.4 Å². The summed E-state index contributed by atoms with van der Waals surface area (Å²) in [5.74, 6) is 0.638. The number of aryl methyl sites for hydroxylation is 2. The van der Waals surface area contributed by atoms with Gasteiger partial charge in [0.15, 0.2) is 0 Å². The van der Waals surface area contributed by atoms with Crippen LogP contribution in [0.25, 0.3) is 0 Å². The van der Waals surface area contributed by atoms with Crippen molar-refractivity contribution in [2.75, 3.05) is 6.54 Å². The van der Waals surface area contributed by atoms with E-state index < -0.39 is 0 Å². The molecule has 0 aliphatic heterocycles. The van der Waals surface area contributed by atoms with Crippen molar-refractivity contribution in [1.82, 2.24) is 10.3 Å². The highest BCUT2D eigenvalue weighted by atomic mass is 32.1. The summed E-state index contributed by atoms with van der Waals surface area (Å²) in [6.07, 6.45) is 3.45. The lowest BCUT2D eigenvalue weighted by Gasteiger charge is -2.21. The van der Waals surface area contributed by atoms with Gasteiger partial charge in [-0.1, -0.05) is 31.2 Å². The lowest BCUT2D eigenvalue weighted by atomic mass is 9.97. The standard InChI is InChI=1S/C18H24N2S/c1-4-9-19-18-15(10-14-7-5-6-8-16(14)18)11-17-20-12(2)13(3)21-17/h5-8,15,18-19H,4,9-11H2,1-3H3. The summed E-state index contributed by atoms with van der Waals surface area (Å²) in [6.45, 7) is 7.61. The van der Waals surface area contributed by atoms with Crippen LogP contribution in [0.3, 0.4) is 0 Å². The second-order valence-corrected chi connectivity index (χ2v) is 7.34. The van der Waals surface area contributed by atoms with E-state index in [1.807, 2.05) is 11.3 Å². The van der Waals surface area contributed by atoms with Crippen molar-refractivity contribution >= 4 is 11.3 Å². The van der Waals surface area contributed by atoms with E-state index in [1.54, 1.807) is 0 Å². The zero-order valence-corrected chi connectivity index (χ0v) is 14.0. The summed E-state index contributed by atoms with van der Waals surface area (Å²) in [7, 11) is 0. The van der Waals surface area contributed by atoms with Crippen molar-refractivity contribution in [2.45, 2.75) is 46.1 Å². The van der Waals surface area contributed by atoms with Gasteiger partial charge in [0, 0.05) is 17.3 Å². The lowest BCUT2D eigenvalue weighted by molar-refractivity contribution is 0.386. The molecule has 1 aromatic heterocycles. The Balaban J connectivity index is 1.81. The summed E-state index contributed by atoms with van der Waals surface area (Å²) in [6, 6.07) is 9.40. The number of aromatic nitrogens is 1. The Bertz CT molecular complexity index is 598. The summed E-state index contributed by atoms with van der Waals surface area (Å²) in [4.78, 5) is 6.10. The maximum atomic E-state index is 4.74. The minimum Gasteiger partial charge on any atom is -0.310 e. The summed E-state index contributed by atoms with van der Waals surface area (Å²) in [5.41, 5.74) is 4.21. The van der Waals surface area contributed by atoms with Gasteiger partial charge in [-0.05, 0) is 50.3 Å². The van der Waals surface area contributed by atoms with Crippen molar-refractivity contribution in [2.24, 2.45) is 5.92 Å². The van der Waals surface area contributed by atoms with Gasteiger partial charge in [-0.15, -0.1) is 11.3 Å². The minimum atomic E-state index is 0.491. The molecule has 21 heavy (non-hydrogen) atoms. The van der Waals surface area contributed by atoms with Crippen molar-refractivity contribution < 1.29 is 0 Å². The van der Waals surface area contributed by atoms with Gasteiger partial charge in [0.25, 0.3) is 0 Å². The van der Waals surface area contributed by atoms with Gasteiger partial charge in [-0.2, -0.15) is 0 Å². The van der Waals surface area contributed by atoms with Crippen molar-refractivity contribution in [1.29, 1.82) is 0 Å². The summed E-state index contributed by atoms with van der Waals surface area (Å²) < 4.78 is 0. The van der Waals surface area contributed by atoms with Crippen LogP contribution >= 0.6 is 11.3 Å². The molecule has 2 aromatic rings. The van der Waals surface area contributed by atoms with E-state index in [4.69, 9.17) is 4.98 Å². The van der Waals surface area contributed by atoms with Crippen LogP contribution in [-0.4, -0.2) is 11.5 Å². The first-order valence-corrected chi connectivity index (χ1v) is 8.74. The van der Waals surface area contributed by atoms with Crippen molar-refractivity contribution in [3.05, 3.63) is 51.0 Å². The van der Waals surface area contributed by atoms with Crippen LogP contribution in [0.1, 0.15) is 46.1 Å². The van der Waals surface area contributed by atoms with Crippen LogP contribution in [0.5, 0.6) is 0 Å². The van der Waals surface area contributed by atoms with Crippen LogP contribution in [0.15, 0.2) is 24.3 Å². The average Bonchev–Trinajstić information content (AvgIpc) is 2.97. The smallest absolute Gasteiger partial charge is 0.0934 e. The van der Waals surface area contributed by atoms with Crippen molar-refractivity contribution in [3.63, 3.8) is 0 Å². The fourth-order valence-corrected chi connectivity index (χ4v) is 4.32. The number of nitrogens with zero attached hydrogens (tertiary/aromatic N) is 1. The molecule has 3 rings (SSSR count). The third-order valence-corrected chi connectivity index (χ3v) is 5.56. The van der Waals surface area contributed by atoms with E-state index in [9.17, 15) is 0 Å². The number of hydrogen-bond donors (Lipinski definition) is 1. The first-order valence-electron chi connectivity index (χ1n) is 7.93. The summed E-state index contributed by atoms with van der Waals surface area (Å²) >= 11 is 1.87. The molecule has 3 heteroatoms. The lowest BCUT2D eigenvalue weighted by Crippen LogP contribution is -2.27. The maximum Gasteiger partial charge on any atom is 0.0934 e. The third kappa shape index (κ3) is 3.04. The predicted octanol–water partition coefficient (Wildman–Crippen LogP) is 4.22. The number of fused-ring (bicyclic) bond motifs is 1. The normalized spacial score (nSPS) is 20.7. The van der Waals surface area contributed by atoms with Gasteiger partial charge in [0.2, 0.25) is 0 Å². The first kappa shape index (κ1) is 14.7. The Morgan fingerprint density at radius 2 is 2.10 bits per heavy atom. The second kappa shape index (κ2) is 6.29. The van der Waals surface area contributed by atoms with Crippen LogP contribution in [0.4, 0.5) is 0 Å². The first-order chi connectivity index (χ1) is 10.2. The minimum absolute atomic E-state index is 0.491. The Kier molecular flexibility index (Phi) is 4.41. The van der Waals surface area contributed by atoms with E-state index >= 15 is 0 Å². The molecule has 2 unspecified atom stereocenters. The Hall–Kier alpha value is -1.19. The molecule has 1 aromatic carbocycles. The monoisotopic (exact) mass is 300 g/mol. The molecule has 0 spiro atoms. The van der Waals surface area contributed by atoms with Crippen molar-refractivity contribution in [3.8, 4) is 0 Å². The Morgan fingerprint density at radius 1 is 1.29 bits per heavy atom. The summed E-state index contributed by atoms with van der Waals surface area (Å²) in [5, 5.41) is 5.05. The quantitative estimate of drug-likeness (QED) is 0.894. The number of hydrogen-bond acceptors (Lipinski definition) is 3. The van der Waals surface area contributed by atoms with Crippen LogP contribution in [0.2, 0.25) is 0 Å². The van der Waals surface area contributed by atoms with E-state index in [-0.39, 0.29) is 0 Å². The molecule has 0 saturated carbocycles. The fourth-order valence-electron chi connectivity index (χ4n) is 3.29. The third-order valence-electron chi connectivity index (χ3n) is 4.47.